The minimum atomic E-state index is -0.152. The van der Waals surface area contributed by atoms with Crippen molar-refractivity contribution in [3.8, 4) is 5.69 Å². The van der Waals surface area contributed by atoms with Crippen LogP contribution in [0.4, 0.5) is 5.69 Å². The zero-order valence-corrected chi connectivity index (χ0v) is 19.1. The molecule has 1 amide bonds. The van der Waals surface area contributed by atoms with Crippen molar-refractivity contribution >= 4 is 50.2 Å². The lowest BCUT2D eigenvalue weighted by atomic mass is 10.1. The number of amides is 1. The van der Waals surface area contributed by atoms with Crippen molar-refractivity contribution in [2.45, 2.75) is 25.9 Å². The van der Waals surface area contributed by atoms with Gasteiger partial charge in [0, 0.05) is 16.1 Å². The van der Waals surface area contributed by atoms with Crippen molar-refractivity contribution in [1.29, 1.82) is 0 Å². The number of aryl methyl sites for hydroxylation is 3. The maximum atomic E-state index is 12.6. The van der Waals surface area contributed by atoms with Crippen LogP contribution < -0.4 is 5.32 Å². The Morgan fingerprint density at radius 1 is 1.17 bits per heavy atom. The highest BCUT2D eigenvalue weighted by Crippen LogP contribution is 2.29. The van der Waals surface area contributed by atoms with Gasteiger partial charge in [-0.2, -0.15) is 4.68 Å². The summed E-state index contributed by atoms with van der Waals surface area (Å²) in [4.78, 5) is 17.0. The van der Waals surface area contributed by atoms with Gasteiger partial charge in [-0.05, 0) is 60.5 Å². The van der Waals surface area contributed by atoms with Crippen molar-refractivity contribution in [2.75, 3.05) is 11.1 Å². The molecule has 30 heavy (non-hydrogen) atoms. The summed E-state index contributed by atoms with van der Waals surface area (Å²) >= 11 is 4.81. The van der Waals surface area contributed by atoms with Crippen molar-refractivity contribution in [3.63, 3.8) is 0 Å². The Labute approximate surface area is 186 Å². The van der Waals surface area contributed by atoms with E-state index in [0.29, 0.717) is 10.8 Å². The third kappa shape index (κ3) is 4.08. The van der Waals surface area contributed by atoms with Crippen molar-refractivity contribution in [2.24, 2.45) is 0 Å². The summed E-state index contributed by atoms with van der Waals surface area (Å²) in [7, 11) is 0. The minimum absolute atomic E-state index is 0.152. The number of hydrogen-bond acceptors (Lipinski definition) is 6. The molecule has 0 aliphatic carbocycles. The molecule has 4 rings (SSSR count). The molecule has 152 valence electrons. The predicted molar refractivity (Wildman–Crippen MR) is 122 cm³/mol. The third-order valence-electron chi connectivity index (χ3n) is 4.61. The Hall–Kier alpha value is -2.78. The van der Waals surface area contributed by atoms with Gasteiger partial charge in [-0.25, -0.2) is 0 Å². The number of thioether (sulfide) groups is 1. The van der Waals surface area contributed by atoms with Gasteiger partial charge in [0.15, 0.2) is 0 Å². The molecule has 4 aromatic rings. The molecular weight excluding hydrogens is 464 g/mol. The van der Waals surface area contributed by atoms with Gasteiger partial charge in [0.25, 0.3) is 0 Å². The summed E-state index contributed by atoms with van der Waals surface area (Å²) in [6.45, 7) is 6.12. The lowest BCUT2D eigenvalue weighted by Gasteiger charge is -2.12. The molecule has 0 fully saturated rings. The van der Waals surface area contributed by atoms with Crippen LogP contribution in [0, 0.1) is 20.8 Å². The largest absolute Gasteiger partial charge is 0.323 e. The fourth-order valence-corrected chi connectivity index (χ4v) is 4.60. The van der Waals surface area contributed by atoms with Gasteiger partial charge < -0.3 is 5.32 Å². The Kier molecular flexibility index (Phi) is 5.83. The number of nitrogens with one attached hydrogen (secondary N) is 1. The molecule has 0 radical (unpaired) electrons. The lowest BCUT2D eigenvalue weighted by molar-refractivity contribution is -0.113. The second-order valence-electron chi connectivity index (χ2n) is 6.95. The van der Waals surface area contributed by atoms with E-state index in [0.717, 1.165) is 32.2 Å². The standard InChI is InChI=1S/C21H19BrN6OS/c1-12-9-13(2)20(14(3)10-12)28-21(25-26-27-28)30-11-18(29)24-17-7-6-16(22)15-5-4-8-23-19(15)17/h4-10H,11H2,1-3H3,(H,24,29). The van der Waals surface area contributed by atoms with Gasteiger partial charge in [-0.1, -0.05) is 51.5 Å². The molecule has 7 nitrogen and oxygen atoms in total. The van der Waals surface area contributed by atoms with Crippen LogP contribution in [0.2, 0.25) is 0 Å². The average Bonchev–Trinajstić information content (AvgIpc) is 3.16. The number of rotatable bonds is 5. The second kappa shape index (κ2) is 8.53. The molecule has 2 aromatic carbocycles. The normalized spacial score (nSPS) is 11.1. The first-order chi connectivity index (χ1) is 14.4. The van der Waals surface area contributed by atoms with Gasteiger partial charge in [0.1, 0.15) is 0 Å². The molecule has 0 atom stereocenters. The first kappa shape index (κ1) is 20.5. The van der Waals surface area contributed by atoms with E-state index in [1.54, 1.807) is 10.9 Å². The van der Waals surface area contributed by atoms with Crippen LogP contribution in [0.15, 0.2) is 52.2 Å². The smallest absolute Gasteiger partial charge is 0.234 e. The van der Waals surface area contributed by atoms with Crippen LogP contribution in [0.1, 0.15) is 16.7 Å². The fraction of sp³-hybridized carbons (Fsp3) is 0.190. The average molecular weight is 483 g/mol. The molecule has 2 aromatic heterocycles. The van der Waals surface area contributed by atoms with E-state index in [1.807, 2.05) is 38.1 Å². The first-order valence-electron chi connectivity index (χ1n) is 9.26. The highest BCUT2D eigenvalue weighted by Gasteiger charge is 2.16. The highest BCUT2D eigenvalue weighted by atomic mass is 79.9. The molecular formula is C21H19BrN6OS. The van der Waals surface area contributed by atoms with Crippen LogP contribution in [0.3, 0.4) is 0 Å². The summed E-state index contributed by atoms with van der Waals surface area (Å²) in [5, 5.41) is 16.5. The molecule has 0 saturated carbocycles. The highest BCUT2D eigenvalue weighted by molar-refractivity contribution is 9.10. The third-order valence-corrected chi connectivity index (χ3v) is 6.22. The van der Waals surface area contributed by atoms with Crippen molar-refractivity contribution in [3.05, 3.63) is 63.8 Å². The predicted octanol–water partition coefficient (Wildman–Crippen LogP) is 4.63. The number of carbonyl (C=O) groups excluding carboxylic acids is 1. The van der Waals surface area contributed by atoms with Gasteiger partial charge in [-0.15, -0.1) is 5.10 Å². The molecule has 9 heteroatoms. The Morgan fingerprint density at radius 2 is 1.93 bits per heavy atom. The zero-order chi connectivity index (χ0) is 21.3. The van der Waals surface area contributed by atoms with Crippen molar-refractivity contribution < 1.29 is 4.79 Å². The molecule has 1 N–H and O–H groups in total. The summed E-state index contributed by atoms with van der Waals surface area (Å²) in [6.07, 6.45) is 1.71. The molecule has 0 aliphatic heterocycles. The minimum Gasteiger partial charge on any atom is -0.323 e. The van der Waals surface area contributed by atoms with E-state index >= 15 is 0 Å². The van der Waals surface area contributed by atoms with Crippen molar-refractivity contribution in [1.82, 2.24) is 25.2 Å². The van der Waals surface area contributed by atoms with Gasteiger partial charge in [0.2, 0.25) is 11.1 Å². The Balaban J connectivity index is 1.52. The number of nitrogens with zero attached hydrogens (tertiary/aromatic N) is 5. The number of fused-ring (bicyclic) bond motifs is 1. The summed E-state index contributed by atoms with van der Waals surface area (Å²) in [5.74, 6) is 0.0236. The molecule has 0 aliphatic rings. The molecule has 0 spiro atoms. The monoisotopic (exact) mass is 482 g/mol. The van der Waals surface area contributed by atoms with E-state index in [-0.39, 0.29) is 11.7 Å². The molecule has 0 unspecified atom stereocenters. The summed E-state index contributed by atoms with van der Waals surface area (Å²) in [5.41, 5.74) is 5.70. The van der Waals surface area contributed by atoms with Gasteiger partial charge >= 0.3 is 0 Å². The van der Waals surface area contributed by atoms with Crippen LogP contribution in [-0.2, 0) is 4.79 Å². The van der Waals surface area contributed by atoms with Gasteiger partial charge in [0.05, 0.1) is 22.6 Å². The SMILES string of the molecule is Cc1cc(C)c(-n2nnnc2SCC(=O)Nc2ccc(Br)c3cccnc23)c(C)c1. The number of carbonyl (C=O) groups is 1. The zero-order valence-electron chi connectivity index (χ0n) is 16.7. The number of hydrogen-bond donors (Lipinski definition) is 1. The van der Waals surface area contributed by atoms with E-state index in [2.05, 4.69) is 60.8 Å². The number of benzene rings is 2. The number of pyridine rings is 1. The van der Waals surface area contributed by atoms with E-state index in [9.17, 15) is 4.79 Å². The fourth-order valence-electron chi connectivity index (χ4n) is 3.47. The Bertz CT molecular complexity index is 1230. The molecule has 2 heterocycles. The number of aromatic nitrogens is 5. The van der Waals surface area contributed by atoms with Gasteiger partial charge in [-0.3, -0.25) is 9.78 Å². The van der Waals surface area contributed by atoms with Crippen LogP contribution in [-0.4, -0.2) is 36.9 Å². The summed E-state index contributed by atoms with van der Waals surface area (Å²) in [6, 6.07) is 11.7. The number of tetrazole rings is 1. The van der Waals surface area contributed by atoms with Crippen LogP contribution >= 0.6 is 27.7 Å². The quantitative estimate of drug-likeness (QED) is 0.417. The topological polar surface area (TPSA) is 85.6 Å². The summed E-state index contributed by atoms with van der Waals surface area (Å²) < 4.78 is 2.62. The molecule has 0 saturated heterocycles. The number of anilines is 1. The van der Waals surface area contributed by atoms with E-state index in [1.165, 1.54) is 17.3 Å². The van der Waals surface area contributed by atoms with E-state index in [4.69, 9.17) is 0 Å². The van der Waals surface area contributed by atoms with E-state index < -0.39 is 0 Å². The van der Waals surface area contributed by atoms with Crippen LogP contribution in [0.25, 0.3) is 16.6 Å². The maximum absolute atomic E-state index is 12.6. The van der Waals surface area contributed by atoms with Crippen LogP contribution in [0.5, 0.6) is 0 Å². The number of halogens is 1. The Morgan fingerprint density at radius 3 is 2.70 bits per heavy atom. The maximum Gasteiger partial charge on any atom is 0.234 e. The first-order valence-corrected chi connectivity index (χ1v) is 11.0. The molecule has 0 bridgehead atoms. The lowest BCUT2D eigenvalue weighted by Crippen LogP contribution is -2.15. The second-order valence-corrected chi connectivity index (χ2v) is 8.75.